The molecule has 0 aliphatic rings. The van der Waals surface area contributed by atoms with Gasteiger partial charge in [-0.3, -0.25) is 9.98 Å². The molecule has 3 aromatic rings. The number of benzene rings is 1. The maximum absolute atomic E-state index is 6.21. The molecule has 5 N–H and O–H groups in total. The van der Waals surface area contributed by atoms with Crippen LogP contribution in [0, 0.1) is 6.92 Å². The molecule has 0 fully saturated rings. The van der Waals surface area contributed by atoms with Gasteiger partial charge in [0.1, 0.15) is 11.7 Å². The summed E-state index contributed by atoms with van der Waals surface area (Å²) in [5, 5.41) is 4.02. The molecule has 0 saturated heterocycles. The van der Waals surface area contributed by atoms with Gasteiger partial charge in [0.15, 0.2) is 0 Å². The first-order valence-electron chi connectivity index (χ1n) is 9.35. The number of nitrogens with two attached hydrogens (primary N) is 2. The second-order valence-electron chi connectivity index (χ2n) is 6.54. The quantitative estimate of drug-likeness (QED) is 0.390. The lowest BCUT2D eigenvalue weighted by Gasteiger charge is -2.12. The predicted molar refractivity (Wildman–Crippen MR) is 125 cm³/mol. The summed E-state index contributed by atoms with van der Waals surface area (Å²) in [6.07, 6.45) is 6.67. The van der Waals surface area contributed by atoms with Crippen LogP contribution in [0.3, 0.4) is 0 Å². The Morgan fingerprint density at radius 3 is 2.70 bits per heavy atom. The summed E-state index contributed by atoms with van der Waals surface area (Å²) in [7, 11) is 0. The molecular formula is C23H23ClN6. The first-order chi connectivity index (χ1) is 14.5. The fourth-order valence-corrected chi connectivity index (χ4v) is 2.84. The summed E-state index contributed by atoms with van der Waals surface area (Å²) in [6.45, 7) is 2.39. The zero-order valence-corrected chi connectivity index (χ0v) is 17.3. The molecule has 6 nitrogen and oxygen atoms in total. The Bertz CT molecular complexity index is 1090. The number of rotatable bonds is 7. The van der Waals surface area contributed by atoms with Crippen molar-refractivity contribution in [3.05, 3.63) is 101 Å². The van der Waals surface area contributed by atoms with Crippen LogP contribution in [-0.2, 0) is 6.54 Å². The monoisotopic (exact) mass is 418 g/mol. The van der Waals surface area contributed by atoms with Crippen LogP contribution in [0.4, 0.5) is 5.82 Å². The van der Waals surface area contributed by atoms with Gasteiger partial charge in [-0.2, -0.15) is 0 Å². The van der Waals surface area contributed by atoms with Gasteiger partial charge in [-0.15, -0.1) is 0 Å². The van der Waals surface area contributed by atoms with Crippen molar-refractivity contribution in [3.8, 4) is 0 Å². The molecule has 0 amide bonds. The van der Waals surface area contributed by atoms with E-state index in [0.29, 0.717) is 23.2 Å². The Morgan fingerprint density at radius 1 is 1.17 bits per heavy atom. The number of pyridine rings is 2. The zero-order chi connectivity index (χ0) is 21.3. The number of nitrogens with one attached hydrogen (secondary N) is 1. The van der Waals surface area contributed by atoms with Gasteiger partial charge in [-0.25, -0.2) is 4.98 Å². The Morgan fingerprint density at radius 2 is 1.97 bits per heavy atom. The van der Waals surface area contributed by atoms with Gasteiger partial charge in [0.05, 0.1) is 17.9 Å². The third-order valence-corrected chi connectivity index (χ3v) is 4.41. The molecule has 30 heavy (non-hydrogen) atoms. The van der Waals surface area contributed by atoms with Crippen molar-refractivity contribution < 1.29 is 0 Å². The predicted octanol–water partition coefficient (Wildman–Crippen LogP) is 4.38. The molecule has 2 aromatic heterocycles. The minimum absolute atomic E-state index is 0.382. The van der Waals surface area contributed by atoms with E-state index in [4.69, 9.17) is 23.1 Å². The Balaban J connectivity index is 1.91. The minimum atomic E-state index is 0.382. The number of aromatic nitrogens is 2. The number of halogens is 1. The van der Waals surface area contributed by atoms with Gasteiger partial charge in [0, 0.05) is 28.6 Å². The van der Waals surface area contributed by atoms with Crippen molar-refractivity contribution in [1.29, 1.82) is 0 Å². The van der Waals surface area contributed by atoms with Crippen LogP contribution >= 0.6 is 11.6 Å². The van der Waals surface area contributed by atoms with E-state index < -0.39 is 0 Å². The fraction of sp³-hybridized carbons (Fsp3) is 0.0870. The summed E-state index contributed by atoms with van der Waals surface area (Å²) >= 11 is 5.93. The second kappa shape index (κ2) is 10.2. The molecule has 0 bridgehead atoms. The van der Waals surface area contributed by atoms with Crippen molar-refractivity contribution in [2.45, 2.75) is 13.5 Å². The highest BCUT2D eigenvalue weighted by atomic mass is 35.5. The number of amidine groups is 1. The van der Waals surface area contributed by atoms with Crippen LogP contribution in [0.25, 0.3) is 11.8 Å². The molecule has 2 heterocycles. The Kier molecular flexibility index (Phi) is 7.19. The van der Waals surface area contributed by atoms with Crippen molar-refractivity contribution in [1.82, 2.24) is 9.97 Å². The summed E-state index contributed by atoms with van der Waals surface area (Å²) in [5.41, 5.74) is 16.0. The number of aryl methyl sites for hydroxylation is 1. The maximum atomic E-state index is 6.21. The van der Waals surface area contributed by atoms with Crippen molar-refractivity contribution in [3.63, 3.8) is 0 Å². The van der Waals surface area contributed by atoms with Crippen LogP contribution in [0.1, 0.15) is 22.5 Å². The lowest BCUT2D eigenvalue weighted by atomic mass is 10.1. The summed E-state index contributed by atoms with van der Waals surface area (Å²) in [5.74, 6) is 1.09. The fourth-order valence-electron chi connectivity index (χ4n) is 2.71. The molecule has 3 rings (SSSR count). The first-order valence-corrected chi connectivity index (χ1v) is 9.73. The summed E-state index contributed by atoms with van der Waals surface area (Å²) < 4.78 is 0. The molecule has 7 heteroatoms. The van der Waals surface area contributed by atoms with E-state index in [1.54, 1.807) is 18.3 Å². The third kappa shape index (κ3) is 6.18. The van der Waals surface area contributed by atoms with Gasteiger partial charge in [-0.1, -0.05) is 29.8 Å². The summed E-state index contributed by atoms with van der Waals surface area (Å²) in [6, 6.07) is 17.1. The summed E-state index contributed by atoms with van der Waals surface area (Å²) in [4.78, 5) is 13.3. The van der Waals surface area contributed by atoms with Crippen LogP contribution in [0.15, 0.2) is 78.1 Å². The number of anilines is 1. The maximum Gasteiger partial charge on any atom is 0.130 e. The lowest BCUT2D eigenvalue weighted by Crippen LogP contribution is -2.12. The molecule has 0 aliphatic carbocycles. The van der Waals surface area contributed by atoms with Crippen molar-refractivity contribution >= 4 is 35.0 Å². The van der Waals surface area contributed by atoms with Crippen molar-refractivity contribution in [2.24, 2.45) is 16.5 Å². The number of aliphatic imine (C=N–C) groups is 1. The molecule has 0 saturated carbocycles. The van der Waals surface area contributed by atoms with E-state index in [1.165, 1.54) is 6.20 Å². The van der Waals surface area contributed by atoms with Gasteiger partial charge in [0.25, 0.3) is 0 Å². The Hall–Kier alpha value is -3.64. The molecular weight excluding hydrogens is 396 g/mol. The van der Waals surface area contributed by atoms with E-state index in [0.717, 1.165) is 28.2 Å². The highest BCUT2D eigenvalue weighted by Gasteiger charge is 2.06. The molecule has 1 aromatic carbocycles. The number of hydrogen-bond acceptors (Lipinski definition) is 5. The van der Waals surface area contributed by atoms with Crippen molar-refractivity contribution in [2.75, 3.05) is 5.32 Å². The van der Waals surface area contributed by atoms with Crippen LogP contribution in [0.2, 0.25) is 5.02 Å². The normalized spacial score (nSPS) is 12.3. The third-order valence-electron chi connectivity index (χ3n) is 4.16. The van der Waals surface area contributed by atoms with E-state index in [2.05, 4.69) is 20.3 Å². The van der Waals surface area contributed by atoms with E-state index >= 15 is 0 Å². The second-order valence-corrected chi connectivity index (χ2v) is 6.98. The number of nitrogens with zero attached hydrogens (tertiary/aromatic N) is 3. The van der Waals surface area contributed by atoms with Crippen LogP contribution < -0.4 is 16.8 Å². The van der Waals surface area contributed by atoms with Crippen LogP contribution in [-0.4, -0.2) is 15.8 Å². The largest absolute Gasteiger partial charge is 0.405 e. The topological polar surface area (TPSA) is 102 Å². The highest BCUT2D eigenvalue weighted by molar-refractivity contribution is 6.30. The average Bonchev–Trinajstić information content (AvgIpc) is 2.73. The molecule has 0 unspecified atom stereocenters. The highest BCUT2D eigenvalue weighted by Crippen LogP contribution is 2.19. The molecule has 0 atom stereocenters. The van der Waals surface area contributed by atoms with Gasteiger partial charge >= 0.3 is 0 Å². The molecule has 0 spiro atoms. The standard InChI is InChI=1S/C23H23ClN6/c1-16-3-2-4-23(29-16)30-21(18-10-12-27-20(13-18)9-11-25)14-22(26)28-15-17-5-7-19(24)8-6-17/h2-14H,15,25H2,1H3,(H2,26,28)(H,29,30)/b11-9?,21-14-. The van der Waals surface area contributed by atoms with Gasteiger partial charge in [0.2, 0.25) is 0 Å². The molecule has 0 aliphatic heterocycles. The minimum Gasteiger partial charge on any atom is -0.405 e. The zero-order valence-electron chi connectivity index (χ0n) is 16.6. The van der Waals surface area contributed by atoms with E-state index in [-0.39, 0.29) is 0 Å². The van der Waals surface area contributed by atoms with E-state index in [9.17, 15) is 0 Å². The van der Waals surface area contributed by atoms with Crippen LogP contribution in [0.5, 0.6) is 0 Å². The average molecular weight is 419 g/mol. The first kappa shape index (κ1) is 21.1. The smallest absolute Gasteiger partial charge is 0.130 e. The SMILES string of the molecule is Cc1cccc(N/C(=C\C(N)=NCc2ccc(Cl)cc2)c2ccnc(C=CN)c2)n1. The lowest BCUT2D eigenvalue weighted by molar-refractivity contribution is 1.06. The van der Waals surface area contributed by atoms with E-state index in [1.807, 2.05) is 61.5 Å². The molecule has 0 radical (unpaired) electrons. The van der Waals surface area contributed by atoms with Gasteiger partial charge < -0.3 is 16.8 Å². The molecule has 152 valence electrons. The Labute approximate surface area is 181 Å². The number of hydrogen-bond donors (Lipinski definition) is 3. The van der Waals surface area contributed by atoms with Gasteiger partial charge in [-0.05, 0) is 61.2 Å².